The third kappa shape index (κ3) is 5.00. The van der Waals surface area contributed by atoms with Gasteiger partial charge in [0.1, 0.15) is 12.1 Å². The van der Waals surface area contributed by atoms with Crippen LogP contribution in [-0.4, -0.2) is 39.0 Å². The fourth-order valence-corrected chi connectivity index (χ4v) is 2.50. The number of nitro groups is 1. The highest BCUT2D eigenvalue weighted by Gasteiger charge is 2.24. The predicted molar refractivity (Wildman–Crippen MR) is 109 cm³/mol. The van der Waals surface area contributed by atoms with Crippen molar-refractivity contribution in [3.63, 3.8) is 0 Å². The standard InChI is InChI=1S/C19H16N6O6/c1-31-14-8-4-11(5-9-14)18(26)24-23-17-15(25(29)30)16(20-10-21-17)22-13-6-2-12(3-7-13)19(27)28/h2-10H,1H3,(H,24,26)(H,27,28)(H2,20,21,22,23). The zero-order valence-electron chi connectivity index (χ0n) is 16.0. The number of anilines is 3. The van der Waals surface area contributed by atoms with Crippen molar-refractivity contribution < 1.29 is 24.4 Å². The van der Waals surface area contributed by atoms with Crippen molar-refractivity contribution in [3.05, 3.63) is 76.1 Å². The Morgan fingerprint density at radius 3 is 2.19 bits per heavy atom. The fraction of sp³-hybridized carbons (Fsp3) is 0.0526. The summed E-state index contributed by atoms with van der Waals surface area (Å²) in [6.07, 6.45) is 1.07. The van der Waals surface area contributed by atoms with Crippen LogP contribution in [0.5, 0.6) is 5.75 Å². The second-order valence-corrected chi connectivity index (χ2v) is 5.99. The van der Waals surface area contributed by atoms with Gasteiger partial charge in [0.15, 0.2) is 0 Å². The minimum absolute atomic E-state index is 0.0614. The Kier molecular flexibility index (Phi) is 6.21. The largest absolute Gasteiger partial charge is 0.497 e. The number of hydrazine groups is 1. The smallest absolute Gasteiger partial charge is 0.355 e. The summed E-state index contributed by atoms with van der Waals surface area (Å²) in [7, 11) is 1.50. The summed E-state index contributed by atoms with van der Waals surface area (Å²) in [6, 6.07) is 11.8. The van der Waals surface area contributed by atoms with E-state index in [-0.39, 0.29) is 17.2 Å². The molecular weight excluding hydrogens is 408 g/mol. The lowest BCUT2D eigenvalue weighted by Gasteiger charge is -2.11. The van der Waals surface area contributed by atoms with Gasteiger partial charge in [-0.05, 0) is 48.5 Å². The minimum Gasteiger partial charge on any atom is -0.497 e. The molecule has 0 spiro atoms. The van der Waals surface area contributed by atoms with Crippen LogP contribution in [0.4, 0.5) is 23.0 Å². The molecule has 0 radical (unpaired) electrons. The first kappa shape index (κ1) is 21.0. The highest BCUT2D eigenvalue weighted by Crippen LogP contribution is 2.30. The van der Waals surface area contributed by atoms with Crippen molar-refractivity contribution in [1.29, 1.82) is 0 Å². The number of aromatic nitrogens is 2. The number of carboxylic acid groups (broad SMARTS) is 1. The van der Waals surface area contributed by atoms with Crippen LogP contribution in [0.3, 0.4) is 0 Å². The summed E-state index contributed by atoms with van der Waals surface area (Å²) < 4.78 is 5.03. The van der Waals surface area contributed by atoms with E-state index in [0.717, 1.165) is 6.33 Å². The molecule has 1 amide bonds. The number of ether oxygens (including phenoxy) is 1. The van der Waals surface area contributed by atoms with Crippen molar-refractivity contribution >= 4 is 34.9 Å². The topological polar surface area (TPSA) is 169 Å². The van der Waals surface area contributed by atoms with Gasteiger partial charge in [-0.15, -0.1) is 0 Å². The Labute approximate surface area is 175 Å². The molecular formula is C19H16N6O6. The molecule has 0 saturated heterocycles. The van der Waals surface area contributed by atoms with Crippen LogP contribution in [0, 0.1) is 10.1 Å². The molecule has 0 fully saturated rings. The molecule has 31 heavy (non-hydrogen) atoms. The summed E-state index contributed by atoms with van der Waals surface area (Å²) in [4.78, 5) is 41.8. The van der Waals surface area contributed by atoms with Gasteiger partial charge in [-0.3, -0.25) is 25.8 Å². The molecule has 0 aliphatic carbocycles. The van der Waals surface area contributed by atoms with Crippen molar-refractivity contribution in [2.45, 2.75) is 0 Å². The molecule has 0 bridgehead atoms. The van der Waals surface area contributed by atoms with Gasteiger partial charge in [0.05, 0.1) is 17.6 Å². The van der Waals surface area contributed by atoms with Gasteiger partial charge >= 0.3 is 11.7 Å². The van der Waals surface area contributed by atoms with Crippen LogP contribution in [-0.2, 0) is 0 Å². The number of benzene rings is 2. The molecule has 0 aliphatic heterocycles. The lowest BCUT2D eigenvalue weighted by atomic mass is 10.2. The van der Waals surface area contributed by atoms with Crippen molar-refractivity contribution in [1.82, 2.24) is 15.4 Å². The van der Waals surface area contributed by atoms with Crippen LogP contribution in [0.15, 0.2) is 54.9 Å². The number of nitrogens with one attached hydrogen (secondary N) is 3. The molecule has 3 aromatic rings. The zero-order valence-corrected chi connectivity index (χ0v) is 16.0. The number of carbonyl (C=O) groups excluding carboxylic acids is 1. The molecule has 12 nitrogen and oxygen atoms in total. The highest BCUT2D eigenvalue weighted by atomic mass is 16.6. The van der Waals surface area contributed by atoms with Crippen LogP contribution >= 0.6 is 0 Å². The fourth-order valence-electron chi connectivity index (χ4n) is 2.50. The molecule has 0 saturated carbocycles. The third-order valence-corrected chi connectivity index (χ3v) is 4.05. The Morgan fingerprint density at radius 1 is 1.00 bits per heavy atom. The van der Waals surface area contributed by atoms with Crippen LogP contribution in [0.25, 0.3) is 0 Å². The summed E-state index contributed by atoms with van der Waals surface area (Å²) in [6.45, 7) is 0. The molecule has 1 heterocycles. The second kappa shape index (κ2) is 9.17. The summed E-state index contributed by atoms with van der Waals surface area (Å²) in [5.74, 6) is -1.47. The number of methoxy groups -OCH3 is 1. The maximum Gasteiger partial charge on any atom is 0.355 e. The van der Waals surface area contributed by atoms with E-state index >= 15 is 0 Å². The maximum atomic E-state index is 12.3. The maximum absolute atomic E-state index is 12.3. The number of nitrogens with zero attached hydrogens (tertiary/aromatic N) is 3. The van der Waals surface area contributed by atoms with Gasteiger partial charge in [0, 0.05) is 11.3 Å². The van der Waals surface area contributed by atoms with Crippen molar-refractivity contribution in [2.24, 2.45) is 0 Å². The van der Waals surface area contributed by atoms with Crippen LogP contribution < -0.4 is 20.9 Å². The van der Waals surface area contributed by atoms with Crippen LogP contribution in [0.1, 0.15) is 20.7 Å². The number of rotatable bonds is 8. The van der Waals surface area contributed by atoms with E-state index in [1.54, 1.807) is 12.1 Å². The second-order valence-electron chi connectivity index (χ2n) is 5.99. The van der Waals surface area contributed by atoms with E-state index in [9.17, 15) is 19.7 Å². The van der Waals surface area contributed by atoms with Crippen LogP contribution in [0.2, 0.25) is 0 Å². The molecule has 1 aromatic heterocycles. The molecule has 4 N–H and O–H groups in total. The monoisotopic (exact) mass is 424 g/mol. The normalized spacial score (nSPS) is 10.1. The SMILES string of the molecule is COc1ccc(C(=O)NNc2ncnc(Nc3ccc(C(=O)O)cc3)c2[N+](=O)[O-])cc1. The number of hydrogen-bond acceptors (Lipinski definition) is 9. The summed E-state index contributed by atoms with van der Waals surface area (Å²) in [5.41, 5.74) is 4.99. The van der Waals surface area contributed by atoms with Gasteiger partial charge in [-0.25, -0.2) is 14.8 Å². The lowest BCUT2D eigenvalue weighted by Crippen LogP contribution is -2.30. The van der Waals surface area contributed by atoms with E-state index in [4.69, 9.17) is 9.84 Å². The van der Waals surface area contributed by atoms with Gasteiger partial charge in [-0.2, -0.15) is 0 Å². The van der Waals surface area contributed by atoms with Gasteiger partial charge in [0.25, 0.3) is 5.91 Å². The number of carbonyl (C=O) groups is 2. The predicted octanol–water partition coefficient (Wildman–Crippen LogP) is 2.59. The average Bonchev–Trinajstić information content (AvgIpc) is 2.77. The molecule has 3 rings (SSSR count). The van der Waals surface area contributed by atoms with Gasteiger partial charge < -0.3 is 15.2 Å². The Hall–Kier alpha value is -4.74. The summed E-state index contributed by atoms with van der Waals surface area (Å²) in [5, 5.41) is 23.3. The minimum atomic E-state index is -1.10. The average molecular weight is 424 g/mol. The number of carboxylic acids is 1. The molecule has 0 aliphatic rings. The first-order valence-electron chi connectivity index (χ1n) is 8.69. The van der Waals surface area contributed by atoms with E-state index in [1.807, 2.05) is 0 Å². The third-order valence-electron chi connectivity index (χ3n) is 4.05. The van der Waals surface area contributed by atoms with E-state index in [2.05, 4.69) is 26.1 Å². The first-order valence-corrected chi connectivity index (χ1v) is 8.69. The Morgan fingerprint density at radius 2 is 1.61 bits per heavy atom. The summed E-state index contributed by atoms with van der Waals surface area (Å²) >= 11 is 0. The van der Waals surface area contributed by atoms with E-state index < -0.39 is 22.5 Å². The first-order chi connectivity index (χ1) is 14.9. The molecule has 0 atom stereocenters. The highest BCUT2D eigenvalue weighted by molar-refractivity contribution is 5.95. The van der Waals surface area contributed by atoms with E-state index in [0.29, 0.717) is 17.0 Å². The molecule has 2 aromatic carbocycles. The number of aromatic carboxylic acids is 1. The zero-order chi connectivity index (χ0) is 22.4. The molecule has 12 heteroatoms. The Bertz CT molecular complexity index is 1120. The number of hydrogen-bond donors (Lipinski definition) is 4. The number of amides is 1. The van der Waals surface area contributed by atoms with E-state index in [1.165, 1.54) is 43.5 Å². The molecule has 0 unspecified atom stereocenters. The molecule has 158 valence electrons. The quantitative estimate of drug-likeness (QED) is 0.311. The van der Waals surface area contributed by atoms with Crippen molar-refractivity contribution in [2.75, 3.05) is 17.9 Å². The Balaban J connectivity index is 1.78. The van der Waals surface area contributed by atoms with Gasteiger partial charge in [-0.1, -0.05) is 0 Å². The van der Waals surface area contributed by atoms with Gasteiger partial charge in [0.2, 0.25) is 11.6 Å². The van der Waals surface area contributed by atoms with Crippen molar-refractivity contribution in [3.8, 4) is 5.75 Å². The lowest BCUT2D eigenvalue weighted by molar-refractivity contribution is -0.383.